The minimum atomic E-state index is -0.311. The standard InChI is InChI=1S/C19H21FN2O3/c1-14(23)22(16-7-5-8-17(12-16)25-2)13-19(24)21-11-10-15-6-3-4-9-18(15)20/h3-9,12H,10-11,13H2,1-2H3,(H,21,24). The number of nitrogens with one attached hydrogen (secondary N) is 1. The topological polar surface area (TPSA) is 58.6 Å². The molecular formula is C19H21FN2O3. The van der Waals surface area contributed by atoms with Crippen molar-refractivity contribution in [2.75, 3.05) is 25.1 Å². The van der Waals surface area contributed by atoms with Crippen LogP contribution in [0.15, 0.2) is 48.5 Å². The van der Waals surface area contributed by atoms with Crippen molar-refractivity contribution in [1.82, 2.24) is 5.32 Å². The molecule has 0 bridgehead atoms. The molecule has 0 radical (unpaired) electrons. The molecule has 2 aromatic carbocycles. The van der Waals surface area contributed by atoms with Gasteiger partial charge in [0.15, 0.2) is 0 Å². The van der Waals surface area contributed by atoms with Crippen LogP contribution in [0.2, 0.25) is 0 Å². The van der Waals surface area contributed by atoms with Crippen LogP contribution in [-0.2, 0) is 16.0 Å². The van der Waals surface area contributed by atoms with Crippen molar-refractivity contribution in [3.05, 3.63) is 59.9 Å². The van der Waals surface area contributed by atoms with E-state index in [2.05, 4.69) is 5.32 Å². The Bertz CT molecular complexity index is 749. The van der Waals surface area contributed by atoms with Crippen LogP contribution in [-0.4, -0.2) is 32.0 Å². The number of rotatable bonds is 7. The molecule has 0 saturated carbocycles. The minimum Gasteiger partial charge on any atom is -0.497 e. The lowest BCUT2D eigenvalue weighted by Gasteiger charge is -2.21. The Labute approximate surface area is 146 Å². The van der Waals surface area contributed by atoms with Gasteiger partial charge in [0.05, 0.1) is 7.11 Å². The van der Waals surface area contributed by atoms with Crippen LogP contribution < -0.4 is 15.0 Å². The number of amides is 2. The van der Waals surface area contributed by atoms with E-state index in [9.17, 15) is 14.0 Å². The maximum atomic E-state index is 13.5. The van der Waals surface area contributed by atoms with E-state index < -0.39 is 0 Å². The molecule has 25 heavy (non-hydrogen) atoms. The highest BCUT2D eigenvalue weighted by atomic mass is 19.1. The third-order valence-corrected chi connectivity index (χ3v) is 3.72. The largest absolute Gasteiger partial charge is 0.497 e. The maximum Gasteiger partial charge on any atom is 0.240 e. The number of hydrogen-bond acceptors (Lipinski definition) is 3. The molecule has 2 rings (SSSR count). The number of carbonyl (C=O) groups is 2. The summed E-state index contributed by atoms with van der Waals surface area (Å²) in [7, 11) is 1.53. The number of benzene rings is 2. The van der Waals surface area contributed by atoms with Gasteiger partial charge in [-0.15, -0.1) is 0 Å². The third kappa shape index (κ3) is 5.31. The molecule has 6 heteroatoms. The lowest BCUT2D eigenvalue weighted by Crippen LogP contribution is -2.40. The first-order valence-corrected chi connectivity index (χ1v) is 7.93. The van der Waals surface area contributed by atoms with Gasteiger partial charge in [-0.05, 0) is 30.2 Å². The summed E-state index contributed by atoms with van der Waals surface area (Å²) in [4.78, 5) is 25.4. The zero-order chi connectivity index (χ0) is 18.2. The fourth-order valence-electron chi connectivity index (χ4n) is 2.40. The number of anilines is 1. The van der Waals surface area contributed by atoms with Gasteiger partial charge in [0.1, 0.15) is 18.1 Å². The molecular weight excluding hydrogens is 323 g/mol. The van der Waals surface area contributed by atoms with Crippen LogP contribution in [0, 0.1) is 5.82 Å². The van der Waals surface area contributed by atoms with Crippen molar-refractivity contribution >= 4 is 17.5 Å². The molecule has 1 N–H and O–H groups in total. The molecule has 132 valence electrons. The summed E-state index contributed by atoms with van der Waals surface area (Å²) >= 11 is 0. The van der Waals surface area contributed by atoms with E-state index >= 15 is 0 Å². The van der Waals surface area contributed by atoms with Crippen molar-refractivity contribution < 1.29 is 18.7 Å². The predicted octanol–water partition coefficient (Wildman–Crippen LogP) is 2.55. The molecule has 0 aliphatic rings. The third-order valence-electron chi connectivity index (χ3n) is 3.72. The van der Waals surface area contributed by atoms with E-state index in [1.165, 1.54) is 25.0 Å². The molecule has 0 aliphatic carbocycles. The van der Waals surface area contributed by atoms with Gasteiger partial charge in [-0.3, -0.25) is 9.59 Å². The van der Waals surface area contributed by atoms with E-state index in [1.807, 2.05) is 0 Å². The van der Waals surface area contributed by atoms with E-state index in [-0.39, 0.29) is 24.2 Å². The average molecular weight is 344 g/mol. The highest BCUT2D eigenvalue weighted by molar-refractivity contribution is 5.97. The minimum absolute atomic E-state index is 0.111. The monoisotopic (exact) mass is 344 g/mol. The molecule has 0 aromatic heterocycles. The smallest absolute Gasteiger partial charge is 0.240 e. The lowest BCUT2D eigenvalue weighted by molar-refractivity contribution is -0.123. The summed E-state index contributed by atoms with van der Waals surface area (Å²) in [6.07, 6.45) is 0.387. The fraction of sp³-hybridized carbons (Fsp3) is 0.263. The highest BCUT2D eigenvalue weighted by Crippen LogP contribution is 2.20. The predicted molar refractivity (Wildman–Crippen MR) is 94.1 cm³/mol. The first-order valence-electron chi connectivity index (χ1n) is 7.93. The first-order chi connectivity index (χ1) is 12.0. The van der Waals surface area contributed by atoms with Gasteiger partial charge in [-0.2, -0.15) is 0 Å². The maximum absolute atomic E-state index is 13.5. The van der Waals surface area contributed by atoms with E-state index in [0.29, 0.717) is 30.0 Å². The summed E-state index contributed by atoms with van der Waals surface area (Å²) in [6, 6.07) is 13.4. The van der Waals surface area contributed by atoms with Crippen molar-refractivity contribution in [2.24, 2.45) is 0 Å². The Kier molecular flexibility index (Phi) is 6.51. The van der Waals surface area contributed by atoms with Crippen molar-refractivity contribution in [1.29, 1.82) is 0 Å². The number of nitrogens with zero attached hydrogens (tertiary/aromatic N) is 1. The van der Waals surface area contributed by atoms with E-state index in [0.717, 1.165) is 0 Å². The molecule has 2 aromatic rings. The van der Waals surface area contributed by atoms with Crippen LogP contribution >= 0.6 is 0 Å². The average Bonchev–Trinajstić information content (AvgIpc) is 2.61. The second-order valence-electron chi connectivity index (χ2n) is 5.50. The van der Waals surface area contributed by atoms with Gasteiger partial charge in [0, 0.05) is 25.2 Å². The van der Waals surface area contributed by atoms with Gasteiger partial charge in [-0.25, -0.2) is 4.39 Å². The molecule has 0 fully saturated rings. The zero-order valence-corrected chi connectivity index (χ0v) is 14.3. The molecule has 2 amide bonds. The molecule has 0 spiro atoms. The number of methoxy groups -OCH3 is 1. The Morgan fingerprint density at radius 1 is 1.16 bits per heavy atom. The van der Waals surface area contributed by atoms with E-state index in [4.69, 9.17) is 4.74 Å². The SMILES string of the molecule is COc1cccc(N(CC(=O)NCCc2ccccc2F)C(C)=O)c1. The Morgan fingerprint density at radius 3 is 2.60 bits per heavy atom. The van der Waals surface area contributed by atoms with Crippen LogP contribution in [0.3, 0.4) is 0 Å². The Balaban J connectivity index is 1.94. The molecule has 0 aliphatic heterocycles. The summed E-state index contributed by atoms with van der Waals surface area (Å²) < 4.78 is 18.7. The van der Waals surface area contributed by atoms with Crippen LogP contribution in [0.4, 0.5) is 10.1 Å². The quantitative estimate of drug-likeness (QED) is 0.840. The van der Waals surface area contributed by atoms with Gasteiger partial charge < -0.3 is 15.0 Å². The molecule has 0 heterocycles. The van der Waals surface area contributed by atoms with Crippen molar-refractivity contribution in [3.8, 4) is 5.75 Å². The Hall–Kier alpha value is -2.89. The zero-order valence-electron chi connectivity index (χ0n) is 14.3. The summed E-state index contributed by atoms with van der Waals surface area (Å²) in [5.41, 5.74) is 1.12. The van der Waals surface area contributed by atoms with Crippen LogP contribution in [0.25, 0.3) is 0 Å². The Morgan fingerprint density at radius 2 is 1.92 bits per heavy atom. The number of hydrogen-bond donors (Lipinski definition) is 1. The van der Waals surface area contributed by atoms with Gasteiger partial charge in [0.2, 0.25) is 11.8 Å². The molecule has 5 nitrogen and oxygen atoms in total. The summed E-state index contributed by atoms with van der Waals surface area (Å²) in [5.74, 6) is -0.255. The van der Waals surface area contributed by atoms with E-state index in [1.54, 1.807) is 42.5 Å². The molecule has 0 atom stereocenters. The number of halogens is 1. The van der Waals surface area contributed by atoms with Crippen molar-refractivity contribution in [3.63, 3.8) is 0 Å². The van der Waals surface area contributed by atoms with Crippen LogP contribution in [0.1, 0.15) is 12.5 Å². The fourth-order valence-corrected chi connectivity index (χ4v) is 2.40. The molecule has 0 saturated heterocycles. The van der Waals surface area contributed by atoms with Crippen molar-refractivity contribution in [2.45, 2.75) is 13.3 Å². The highest BCUT2D eigenvalue weighted by Gasteiger charge is 2.16. The second kappa shape index (κ2) is 8.82. The van der Waals surface area contributed by atoms with Gasteiger partial charge in [-0.1, -0.05) is 24.3 Å². The normalized spacial score (nSPS) is 10.2. The lowest BCUT2D eigenvalue weighted by atomic mass is 10.1. The summed E-state index contributed by atoms with van der Waals surface area (Å²) in [5, 5.41) is 2.71. The molecule has 0 unspecified atom stereocenters. The first kappa shape index (κ1) is 18.4. The van der Waals surface area contributed by atoms with Crippen LogP contribution in [0.5, 0.6) is 5.75 Å². The summed E-state index contributed by atoms with van der Waals surface area (Å²) in [6.45, 7) is 1.58. The van der Waals surface area contributed by atoms with Gasteiger partial charge >= 0.3 is 0 Å². The number of carbonyl (C=O) groups excluding carboxylic acids is 2. The van der Waals surface area contributed by atoms with Gasteiger partial charge in [0.25, 0.3) is 0 Å². The number of ether oxygens (including phenoxy) is 1. The second-order valence-corrected chi connectivity index (χ2v) is 5.50.